The number of oxime groups is 1. The van der Waals surface area contributed by atoms with Crippen molar-refractivity contribution in [1.82, 2.24) is 0 Å². The highest BCUT2D eigenvalue weighted by molar-refractivity contribution is 5.83. The van der Waals surface area contributed by atoms with Gasteiger partial charge in [0.1, 0.15) is 5.84 Å². The third-order valence-electron chi connectivity index (χ3n) is 1.06. The van der Waals surface area contributed by atoms with Crippen LogP contribution in [-0.2, 0) is 0 Å². The molecule has 1 atom stereocenters. The summed E-state index contributed by atoms with van der Waals surface area (Å²) in [5.41, 5.74) is 5.25. The molecule has 0 aliphatic heterocycles. The first-order valence-electron chi connectivity index (χ1n) is 2.82. The standard InChI is InChI=1S/C6H12N2O/c1-3-4-5(2)6(7)8-9/h3-5,9H,1-2H3,(H2,7,8)/b4-3-. The second kappa shape index (κ2) is 3.95. The van der Waals surface area contributed by atoms with Crippen molar-refractivity contribution in [2.24, 2.45) is 16.8 Å². The van der Waals surface area contributed by atoms with Crippen molar-refractivity contribution < 1.29 is 5.21 Å². The Morgan fingerprint density at radius 1 is 1.78 bits per heavy atom. The van der Waals surface area contributed by atoms with Gasteiger partial charge in [0.15, 0.2) is 0 Å². The molecule has 0 saturated heterocycles. The average molecular weight is 128 g/mol. The number of nitrogens with two attached hydrogens (primary N) is 1. The summed E-state index contributed by atoms with van der Waals surface area (Å²) < 4.78 is 0. The fourth-order valence-electron chi connectivity index (χ4n) is 0.478. The van der Waals surface area contributed by atoms with Gasteiger partial charge < -0.3 is 10.9 Å². The fraction of sp³-hybridized carbons (Fsp3) is 0.500. The highest BCUT2D eigenvalue weighted by atomic mass is 16.4. The summed E-state index contributed by atoms with van der Waals surface area (Å²) in [6, 6.07) is 0. The van der Waals surface area contributed by atoms with E-state index in [9.17, 15) is 0 Å². The van der Waals surface area contributed by atoms with Crippen LogP contribution < -0.4 is 5.73 Å². The van der Waals surface area contributed by atoms with E-state index in [1.165, 1.54) is 0 Å². The molecule has 0 aromatic carbocycles. The molecule has 0 spiro atoms. The van der Waals surface area contributed by atoms with Crippen molar-refractivity contribution >= 4 is 5.84 Å². The average Bonchev–Trinajstić information content (AvgIpc) is 1.87. The van der Waals surface area contributed by atoms with Gasteiger partial charge in [-0.1, -0.05) is 24.2 Å². The molecule has 0 fully saturated rings. The third kappa shape index (κ3) is 2.74. The Morgan fingerprint density at radius 3 is 2.67 bits per heavy atom. The van der Waals surface area contributed by atoms with Gasteiger partial charge in [-0.15, -0.1) is 0 Å². The number of hydrogen-bond acceptors (Lipinski definition) is 2. The van der Waals surface area contributed by atoms with Crippen LogP contribution in [-0.4, -0.2) is 11.0 Å². The maximum Gasteiger partial charge on any atom is 0.145 e. The predicted octanol–water partition coefficient (Wildman–Crippen LogP) is 0.945. The van der Waals surface area contributed by atoms with Crippen LogP contribution in [0.5, 0.6) is 0 Å². The SMILES string of the molecule is C/C=C\C(C)/C(N)=N/O. The number of rotatable bonds is 2. The fourth-order valence-corrected chi connectivity index (χ4v) is 0.478. The molecular formula is C6H12N2O. The number of nitrogens with zero attached hydrogens (tertiary/aromatic N) is 1. The molecule has 0 aliphatic rings. The molecule has 9 heavy (non-hydrogen) atoms. The molecule has 0 rings (SSSR count). The summed E-state index contributed by atoms with van der Waals surface area (Å²) in [6.45, 7) is 3.75. The molecule has 0 saturated carbocycles. The molecule has 1 unspecified atom stereocenters. The van der Waals surface area contributed by atoms with E-state index in [2.05, 4.69) is 5.16 Å². The summed E-state index contributed by atoms with van der Waals surface area (Å²) in [5, 5.41) is 11.0. The maximum atomic E-state index is 8.16. The zero-order valence-corrected chi connectivity index (χ0v) is 5.70. The lowest BCUT2D eigenvalue weighted by atomic mass is 10.1. The monoisotopic (exact) mass is 128 g/mol. The normalized spacial score (nSPS) is 16.4. The Morgan fingerprint density at radius 2 is 2.33 bits per heavy atom. The van der Waals surface area contributed by atoms with Gasteiger partial charge in [-0.3, -0.25) is 0 Å². The Hall–Kier alpha value is -0.990. The summed E-state index contributed by atoms with van der Waals surface area (Å²) in [5.74, 6) is 0.271. The summed E-state index contributed by atoms with van der Waals surface area (Å²) in [6.07, 6.45) is 3.72. The van der Waals surface area contributed by atoms with Crippen LogP contribution >= 0.6 is 0 Å². The molecule has 0 radical (unpaired) electrons. The van der Waals surface area contributed by atoms with E-state index in [-0.39, 0.29) is 11.8 Å². The molecule has 0 aromatic rings. The number of amidine groups is 1. The molecule has 3 heteroatoms. The van der Waals surface area contributed by atoms with Crippen LogP contribution in [0.4, 0.5) is 0 Å². The first-order chi connectivity index (χ1) is 4.22. The van der Waals surface area contributed by atoms with Gasteiger partial charge in [0, 0.05) is 5.92 Å². The minimum atomic E-state index is 0.0278. The third-order valence-corrected chi connectivity index (χ3v) is 1.06. The Bertz CT molecular complexity index is 129. The zero-order valence-electron chi connectivity index (χ0n) is 5.70. The Labute approximate surface area is 54.9 Å². The predicted molar refractivity (Wildman–Crippen MR) is 37.4 cm³/mol. The molecule has 3 nitrogen and oxygen atoms in total. The Balaban J connectivity index is 3.88. The molecule has 0 amide bonds. The largest absolute Gasteiger partial charge is 0.409 e. The van der Waals surface area contributed by atoms with Gasteiger partial charge >= 0.3 is 0 Å². The van der Waals surface area contributed by atoms with E-state index in [1.54, 1.807) is 0 Å². The van der Waals surface area contributed by atoms with Crippen LogP contribution in [0.2, 0.25) is 0 Å². The van der Waals surface area contributed by atoms with Crippen molar-refractivity contribution in [3.63, 3.8) is 0 Å². The molecule has 3 N–H and O–H groups in total. The minimum absolute atomic E-state index is 0.0278. The second-order valence-electron chi connectivity index (χ2n) is 1.84. The molecule has 0 aromatic heterocycles. The number of allylic oxidation sites excluding steroid dienone is 1. The van der Waals surface area contributed by atoms with Crippen molar-refractivity contribution in [3.05, 3.63) is 12.2 Å². The van der Waals surface area contributed by atoms with Crippen molar-refractivity contribution in [1.29, 1.82) is 0 Å². The number of hydrogen-bond donors (Lipinski definition) is 2. The quantitative estimate of drug-likeness (QED) is 0.191. The van der Waals surface area contributed by atoms with Crippen LogP contribution in [0.25, 0.3) is 0 Å². The second-order valence-corrected chi connectivity index (χ2v) is 1.84. The molecule has 0 bridgehead atoms. The van der Waals surface area contributed by atoms with Crippen LogP contribution in [0.15, 0.2) is 17.3 Å². The van der Waals surface area contributed by atoms with E-state index in [0.717, 1.165) is 0 Å². The molecular weight excluding hydrogens is 116 g/mol. The lowest BCUT2D eigenvalue weighted by molar-refractivity contribution is 0.315. The summed E-state index contributed by atoms with van der Waals surface area (Å²) in [7, 11) is 0. The Kier molecular flexibility index (Phi) is 3.51. The molecule has 52 valence electrons. The van der Waals surface area contributed by atoms with E-state index >= 15 is 0 Å². The van der Waals surface area contributed by atoms with Gasteiger partial charge in [0.05, 0.1) is 0 Å². The zero-order chi connectivity index (χ0) is 7.28. The van der Waals surface area contributed by atoms with E-state index < -0.39 is 0 Å². The van der Waals surface area contributed by atoms with Gasteiger partial charge in [0.25, 0.3) is 0 Å². The van der Waals surface area contributed by atoms with E-state index in [4.69, 9.17) is 10.9 Å². The van der Waals surface area contributed by atoms with Gasteiger partial charge in [-0.05, 0) is 6.92 Å². The van der Waals surface area contributed by atoms with Crippen molar-refractivity contribution in [2.45, 2.75) is 13.8 Å². The first kappa shape index (κ1) is 8.01. The molecule has 0 aliphatic carbocycles. The maximum absolute atomic E-state index is 8.16. The van der Waals surface area contributed by atoms with Crippen molar-refractivity contribution in [2.75, 3.05) is 0 Å². The van der Waals surface area contributed by atoms with Gasteiger partial charge in [-0.25, -0.2) is 0 Å². The minimum Gasteiger partial charge on any atom is -0.409 e. The first-order valence-corrected chi connectivity index (χ1v) is 2.82. The smallest absolute Gasteiger partial charge is 0.145 e. The lowest BCUT2D eigenvalue weighted by Crippen LogP contribution is -2.19. The highest BCUT2D eigenvalue weighted by Crippen LogP contribution is 1.95. The lowest BCUT2D eigenvalue weighted by Gasteiger charge is -2.00. The van der Waals surface area contributed by atoms with Crippen LogP contribution in [0.1, 0.15) is 13.8 Å². The van der Waals surface area contributed by atoms with E-state index in [0.29, 0.717) is 0 Å². The van der Waals surface area contributed by atoms with Crippen molar-refractivity contribution in [3.8, 4) is 0 Å². The highest BCUT2D eigenvalue weighted by Gasteiger charge is 1.99. The van der Waals surface area contributed by atoms with Gasteiger partial charge in [-0.2, -0.15) is 0 Å². The van der Waals surface area contributed by atoms with E-state index in [1.807, 2.05) is 26.0 Å². The van der Waals surface area contributed by atoms with Crippen LogP contribution in [0.3, 0.4) is 0 Å². The topological polar surface area (TPSA) is 58.6 Å². The summed E-state index contributed by atoms with van der Waals surface area (Å²) >= 11 is 0. The summed E-state index contributed by atoms with van der Waals surface area (Å²) in [4.78, 5) is 0. The van der Waals surface area contributed by atoms with Crippen LogP contribution in [0, 0.1) is 5.92 Å². The van der Waals surface area contributed by atoms with Gasteiger partial charge in [0.2, 0.25) is 0 Å². The molecule has 0 heterocycles.